The zero-order valence-electron chi connectivity index (χ0n) is 23.5. The number of anilines is 1. The molecule has 42 heavy (non-hydrogen) atoms. The van der Waals surface area contributed by atoms with Crippen molar-refractivity contribution in [3.63, 3.8) is 0 Å². The topological polar surface area (TPSA) is 106 Å². The number of halogens is 1. The van der Waals surface area contributed by atoms with E-state index in [1.807, 2.05) is 44.2 Å². The molecule has 11 heteroatoms. The summed E-state index contributed by atoms with van der Waals surface area (Å²) in [7, 11) is 0. The highest BCUT2D eigenvalue weighted by molar-refractivity contribution is 7.20. The number of likely N-dealkylation sites (tertiary alicyclic amines) is 1. The molecule has 2 aromatic carbocycles. The number of ether oxygens (including phenoxy) is 1. The van der Waals surface area contributed by atoms with Crippen molar-refractivity contribution in [3.05, 3.63) is 94.0 Å². The van der Waals surface area contributed by atoms with E-state index in [9.17, 15) is 14.4 Å². The highest BCUT2D eigenvalue weighted by Gasteiger charge is 2.28. The molecule has 1 aliphatic rings. The fourth-order valence-electron chi connectivity index (χ4n) is 5.05. The van der Waals surface area contributed by atoms with Crippen LogP contribution in [0.5, 0.6) is 0 Å². The van der Waals surface area contributed by atoms with Gasteiger partial charge >= 0.3 is 6.09 Å². The normalized spacial score (nSPS) is 14.0. The summed E-state index contributed by atoms with van der Waals surface area (Å²) in [5.74, 6) is -0.624. The summed E-state index contributed by atoms with van der Waals surface area (Å²) in [5, 5.41) is 11.0. The second-order valence-corrected chi connectivity index (χ2v) is 12.1. The zero-order valence-corrected chi connectivity index (χ0v) is 25.1. The van der Waals surface area contributed by atoms with Crippen molar-refractivity contribution in [1.82, 2.24) is 20.0 Å². The van der Waals surface area contributed by atoms with Gasteiger partial charge in [-0.15, -0.1) is 16.4 Å². The van der Waals surface area contributed by atoms with Gasteiger partial charge in [-0.1, -0.05) is 54.9 Å². The lowest BCUT2D eigenvalue weighted by Crippen LogP contribution is -2.40. The Morgan fingerprint density at radius 1 is 1.07 bits per heavy atom. The van der Waals surface area contributed by atoms with Crippen molar-refractivity contribution in [1.29, 1.82) is 0 Å². The minimum Gasteiger partial charge on any atom is -0.417 e. The summed E-state index contributed by atoms with van der Waals surface area (Å²) >= 11 is 7.43. The third kappa shape index (κ3) is 6.41. The number of rotatable bonds is 8. The molecule has 2 amide bonds. The minimum atomic E-state index is -0.817. The van der Waals surface area contributed by atoms with Gasteiger partial charge in [-0.2, -0.15) is 4.68 Å². The first-order valence-electron chi connectivity index (χ1n) is 13.7. The van der Waals surface area contributed by atoms with E-state index in [1.54, 1.807) is 24.3 Å². The van der Waals surface area contributed by atoms with E-state index in [2.05, 4.69) is 27.2 Å². The quantitative estimate of drug-likeness (QED) is 0.214. The Balaban J connectivity index is 1.38. The number of aromatic nitrogens is 2. The third-order valence-corrected chi connectivity index (χ3v) is 8.66. The van der Waals surface area contributed by atoms with Crippen LogP contribution in [0.2, 0.25) is 5.02 Å². The molecule has 2 aromatic heterocycles. The molecule has 4 aromatic rings. The van der Waals surface area contributed by atoms with Crippen LogP contribution >= 0.6 is 22.9 Å². The van der Waals surface area contributed by atoms with Crippen LogP contribution in [0, 0.1) is 0 Å². The van der Waals surface area contributed by atoms with E-state index < -0.39 is 11.6 Å². The lowest BCUT2D eigenvalue weighted by Gasteiger charge is -2.27. The number of fused-ring (bicyclic) bond motifs is 1. The fourth-order valence-corrected chi connectivity index (χ4v) is 6.42. The molecule has 2 N–H and O–H groups in total. The molecule has 3 heterocycles. The van der Waals surface area contributed by atoms with Gasteiger partial charge in [0.1, 0.15) is 4.83 Å². The number of piperidine rings is 1. The van der Waals surface area contributed by atoms with Gasteiger partial charge in [0, 0.05) is 17.1 Å². The van der Waals surface area contributed by atoms with Crippen LogP contribution in [0.25, 0.3) is 10.2 Å². The maximum atomic E-state index is 13.4. The monoisotopic (exact) mass is 605 g/mol. The first-order chi connectivity index (χ1) is 20.2. The molecule has 0 spiro atoms. The molecule has 5 rings (SSSR count). The van der Waals surface area contributed by atoms with Crippen molar-refractivity contribution < 1.29 is 19.1 Å². The number of hydrogen-bond acceptors (Lipinski definition) is 7. The van der Waals surface area contributed by atoms with E-state index in [1.165, 1.54) is 19.3 Å². The van der Waals surface area contributed by atoms with Crippen LogP contribution in [-0.4, -0.2) is 45.7 Å². The molecule has 0 aliphatic carbocycles. The Morgan fingerprint density at radius 2 is 1.79 bits per heavy atom. The molecule has 0 unspecified atom stereocenters. The number of nitrogens with zero attached hydrogens (tertiary/aromatic N) is 3. The molecule has 0 radical (unpaired) electrons. The molecule has 0 bridgehead atoms. The average Bonchev–Trinajstić information content (AvgIpc) is 3.55. The van der Waals surface area contributed by atoms with Crippen LogP contribution in [0.3, 0.4) is 0 Å². The first-order valence-corrected chi connectivity index (χ1v) is 14.9. The molecule has 218 valence electrons. The molecule has 0 atom stereocenters. The second kappa shape index (κ2) is 12.5. The number of carbonyl (C=O) groups excluding carboxylic acids is 3. The van der Waals surface area contributed by atoms with Crippen LogP contribution in [0.15, 0.2) is 67.4 Å². The smallest absolute Gasteiger partial charge is 0.417 e. The minimum absolute atomic E-state index is 0.133. The van der Waals surface area contributed by atoms with Crippen molar-refractivity contribution in [2.75, 3.05) is 18.4 Å². The van der Waals surface area contributed by atoms with Crippen molar-refractivity contribution in [2.45, 2.75) is 45.2 Å². The molecule has 9 nitrogen and oxygen atoms in total. The number of thiophene rings is 1. The molecular weight excluding hydrogens is 574 g/mol. The van der Waals surface area contributed by atoms with Gasteiger partial charge in [0.05, 0.1) is 22.1 Å². The number of amides is 2. The maximum absolute atomic E-state index is 13.4. The molecule has 0 saturated carbocycles. The highest BCUT2D eigenvalue weighted by Crippen LogP contribution is 2.34. The lowest BCUT2D eigenvalue weighted by atomic mass is 9.94. The predicted molar refractivity (Wildman–Crippen MR) is 165 cm³/mol. The summed E-state index contributed by atoms with van der Waals surface area (Å²) in [6.07, 6.45) is 3.89. The summed E-state index contributed by atoms with van der Waals surface area (Å²) in [6, 6.07) is 16.3. The van der Waals surface area contributed by atoms with E-state index >= 15 is 0 Å². The van der Waals surface area contributed by atoms with Gasteiger partial charge in [0.15, 0.2) is 5.82 Å². The number of hydrogen-bond donors (Lipinski definition) is 2. The fraction of sp³-hybridized carbons (Fsp3) is 0.290. The van der Waals surface area contributed by atoms with Crippen molar-refractivity contribution in [2.24, 2.45) is 0 Å². The van der Waals surface area contributed by atoms with Gasteiger partial charge in [0.2, 0.25) is 0 Å². The Labute approximate surface area is 253 Å². The zero-order chi connectivity index (χ0) is 29.9. The summed E-state index contributed by atoms with van der Waals surface area (Å²) in [4.78, 5) is 42.3. The largest absolute Gasteiger partial charge is 0.440 e. The molecule has 1 aliphatic heterocycles. The second-order valence-electron chi connectivity index (χ2n) is 10.7. The van der Waals surface area contributed by atoms with Crippen LogP contribution in [-0.2, 0) is 16.8 Å². The summed E-state index contributed by atoms with van der Waals surface area (Å²) in [5.41, 5.74) is 1.57. The Morgan fingerprint density at radius 3 is 2.48 bits per heavy atom. The van der Waals surface area contributed by atoms with Gasteiger partial charge in [-0.3, -0.25) is 14.5 Å². The summed E-state index contributed by atoms with van der Waals surface area (Å²) < 4.78 is 5.94. The van der Waals surface area contributed by atoms with Gasteiger partial charge < -0.3 is 15.4 Å². The predicted octanol–water partition coefficient (Wildman–Crippen LogP) is 6.78. The summed E-state index contributed by atoms with van der Waals surface area (Å²) in [6.45, 7) is 10.2. The Kier molecular flexibility index (Phi) is 8.77. The van der Waals surface area contributed by atoms with Gasteiger partial charge in [-0.05, 0) is 75.2 Å². The van der Waals surface area contributed by atoms with E-state index in [0.29, 0.717) is 25.7 Å². The van der Waals surface area contributed by atoms with E-state index in [0.717, 1.165) is 53.0 Å². The highest BCUT2D eigenvalue weighted by atomic mass is 35.5. The Bertz CT molecular complexity index is 1640. The molecule has 1 fully saturated rings. The van der Waals surface area contributed by atoms with Gasteiger partial charge in [0.25, 0.3) is 11.8 Å². The molecular formula is C31H32ClN5O4S. The number of carbonyl (C=O) groups is 3. The van der Waals surface area contributed by atoms with E-state index in [4.69, 9.17) is 16.3 Å². The standard InChI is InChI=1S/C31H32ClN5O4S/c1-4-41-30(40)37-29-22(18-25(42-29)28(39)34-31(2,3)23-10-6-7-11-24(23)32)26(35-37)33-27(38)21-14-12-20(13-15-21)19-36-16-8-5-9-17-36/h4,6-7,10-15,18H,1,5,8-9,16-17,19H2,2-3H3,(H,34,39)(H,33,35,38). The van der Waals surface area contributed by atoms with Crippen LogP contribution in [0.1, 0.15) is 64.3 Å². The maximum Gasteiger partial charge on any atom is 0.440 e. The van der Waals surface area contributed by atoms with E-state index in [-0.39, 0.29) is 17.6 Å². The van der Waals surface area contributed by atoms with Gasteiger partial charge in [-0.25, -0.2) is 4.79 Å². The van der Waals surface area contributed by atoms with Crippen molar-refractivity contribution in [3.8, 4) is 0 Å². The van der Waals surface area contributed by atoms with Crippen LogP contribution < -0.4 is 10.6 Å². The first kappa shape index (κ1) is 29.5. The third-order valence-electron chi connectivity index (χ3n) is 7.22. The SMILES string of the molecule is C=COC(=O)n1nc(NC(=O)c2ccc(CN3CCCCC3)cc2)c2cc(C(=O)NC(C)(C)c3ccccc3Cl)sc21. The van der Waals surface area contributed by atoms with Crippen molar-refractivity contribution >= 4 is 56.9 Å². The van der Waals surface area contributed by atoms with Crippen LogP contribution in [0.4, 0.5) is 10.6 Å². The number of nitrogens with one attached hydrogen (secondary N) is 2. The molecule has 1 saturated heterocycles. The average molecular weight is 606 g/mol. The Hall–Kier alpha value is -3.99. The lowest BCUT2D eigenvalue weighted by molar-refractivity contribution is 0.0915. The number of benzene rings is 2.